The molecule has 1 amide bonds. The number of hydrogen-bond acceptors (Lipinski definition) is 4. The Morgan fingerprint density at radius 2 is 1.70 bits per heavy atom. The van der Waals surface area contributed by atoms with E-state index < -0.39 is 0 Å². The lowest BCUT2D eigenvalue weighted by molar-refractivity contribution is -0.121. The molecule has 4 nitrogen and oxygen atoms in total. The molecule has 1 aliphatic heterocycles. The quantitative estimate of drug-likeness (QED) is 0.693. The van der Waals surface area contributed by atoms with Gasteiger partial charge in [-0.2, -0.15) is 0 Å². The first-order chi connectivity index (χ1) is 13.0. The van der Waals surface area contributed by atoms with Gasteiger partial charge in [-0.1, -0.05) is 24.3 Å². The predicted octanol–water partition coefficient (Wildman–Crippen LogP) is 4.24. The van der Waals surface area contributed by atoms with Crippen molar-refractivity contribution in [2.24, 2.45) is 0 Å². The standard InChI is InChI=1S/C22H28N2O2S/c1-16-13-20(17(2)27-16)21(25)9-10-22(26)23-14-18-5-7-19(8-6-18)15-24-11-3-4-12-24/h5-8,13H,3-4,9-12,14-15H2,1-2H3,(H,23,26). The Labute approximate surface area is 165 Å². The summed E-state index contributed by atoms with van der Waals surface area (Å²) in [6.07, 6.45) is 3.11. The number of benzene rings is 1. The number of aryl methyl sites for hydroxylation is 2. The lowest BCUT2D eigenvalue weighted by Crippen LogP contribution is -2.23. The van der Waals surface area contributed by atoms with E-state index in [1.807, 2.05) is 19.9 Å². The summed E-state index contributed by atoms with van der Waals surface area (Å²) < 4.78 is 0. The molecule has 3 rings (SSSR count). The first kappa shape index (κ1) is 19.8. The zero-order valence-corrected chi connectivity index (χ0v) is 17.0. The number of carbonyl (C=O) groups excluding carboxylic acids is 2. The molecule has 27 heavy (non-hydrogen) atoms. The minimum Gasteiger partial charge on any atom is -0.352 e. The van der Waals surface area contributed by atoms with Crippen LogP contribution >= 0.6 is 11.3 Å². The molecule has 1 aromatic carbocycles. The molecule has 2 aromatic rings. The summed E-state index contributed by atoms with van der Waals surface area (Å²) in [5, 5.41) is 2.92. The smallest absolute Gasteiger partial charge is 0.220 e. The van der Waals surface area contributed by atoms with Gasteiger partial charge >= 0.3 is 0 Å². The highest BCUT2D eigenvalue weighted by molar-refractivity contribution is 7.12. The van der Waals surface area contributed by atoms with Crippen LogP contribution in [0.15, 0.2) is 30.3 Å². The van der Waals surface area contributed by atoms with E-state index in [9.17, 15) is 9.59 Å². The van der Waals surface area contributed by atoms with E-state index in [1.165, 1.54) is 31.5 Å². The van der Waals surface area contributed by atoms with Gasteiger partial charge in [0, 0.05) is 41.2 Å². The van der Waals surface area contributed by atoms with Crippen molar-refractivity contribution in [3.63, 3.8) is 0 Å². The van der Waals surface area contributed by atoms with Gasteiger partial charge in [0.1, 0.15) is 0 Å². The number of ketones is 1. The Bertz CT molecular complexity index is 789. The summed E-state index contributed by atoms with van der Waals surface area (Å²) >= 11 is 1.63. The molecule has 1 N–H and O–H groups in total. The third kappa shape index (κ3) is 5.75. The van der Waals surface area contributed by atoms with Crippen LogP contribution < -0.4 is 5.32 Å². The second kappa shape index (κ2) is 9.29. The fraction of sp³-hybridized carbons (Fsp3) is 0.455. The molecule has 0 bridgehead atoms. The van der Waals surface area contributed by atoms with E-state index in [1.54, 1.807) is 11.3 Å². The van der Waals surface area contributed by atoms with Crippen molar-refractivity contribution in [3.8, 4) is 0 Å². The third-order valence-corrected chi connectivity index (χ3v) is 6.00. The van der Waals surface area contributed by atoms with Gasteiger partial charge in [-0.3, -0.25) is 14.5 Å². The monoisotopic (exact) mass is 384 g/mol. The van der Waals surface area contributed by atoms with Crippen LogP contribution in [-0.2, 0) is 17.9 Å². The van der Waals surface area contributed by atoms with Gasteiger partial charge < -0.3 is 5.32 Å². The highest BCUT2D eigenvalue weighted by atomic mass is 32.1. The maximum atomic E-state index is 12.3. The molecule has 1 aromatic heterocycles. The SMILES string of the molecule is Cc1cc(C(=O)CCC(=O)NCc2ccc(CN3CCCC3)cc2)c(C)s1. The van der Waals surface area contributed by atoms with Crippen LogP contribution in [0, 0.1) is 13.8 Å². The van der Waals surface area contributed by atoms with Crippen molar-refractivity contribution in [1.82, 2.24) is 10.2 Å². The normalized spacial score (nSPS) is 14.4. The molecule has 144 valence electrons. The largest absolute Gasteiger partial charge is 0.352 e. The van der Waals surface area contributed by atoms with E-state index in [2.05, 4.69) is 34.5 Å². The highest BCUT2D eigenvalue weighted by Crippen LogP contribution is 2.22. The summed E-state index contributed by atoms with van der Waals surface area (Å²) in [5.74, 6) is -0.0210. The van der Waals surface area contributed by atoms with Gasteiger partial charge in [0.05, 0.1) is 0 Å². The van der Waals surface area contributed by atoms with E-state index >= 15 is 0 Å². The second-order valence-electron chi connectivity index (χ2n) is 7.33. The number of amides is 1. The average molecular weight is 385 g/mol. The van der Waals surface area contributed by atoms with Gasteiger partial charge in [-0.05, 0) is 57.0 Å². The molecule has 1 aliphatic rings. The van der Waals surface area contributed by atoms with E-state index in [0.717, 1.165) is 27.4 Å². The van der Waals surface area contributed by atoms with Gasteiger partial charge in [0.25, 0.3) is 0 Å². The van der Waals surface area contributed by atoms with Crippen LogP contribution in [0.4, 0.5) is 0 Å². The van der Waals surface area contributed by atoms with E-state index in [-0.39, 0.29) is 24.5 Å². The van der Waals surface area contributed by atoms with Crippen LogP contribution in [0.2, 0.25) is 0 Å². The number of rotatable bonds is 8. The molecule has 0 spiro atoms. The molecule has 0 atom stereocenters. The van der Waals surface area contributed by atoms with E-state index in [4.69, 9.17) is 0 Å². The zero-order chi connectivity index (χ0) is 19.2. The Morgan fingerprint density at radius 1 is 1.04 bits per heavy atom. The zero-order valence-electron chi connectivity index (χ0n) is 16.2. The Balaban J connectivity index is 1.40. The van der Waals surface area contributed by atoms with E-state index in [0.29, 0.717) is 6.54 Å². The minimum absolute atomic E-state index is 0.0539. The van der Waals surface area contributed by atoms with Crippen LogP contribution in [0.3, 0.4) is 0 Å². The number of Topliss-reactive ketones (excluding diaryl/α,β-unsaturated/α-hetero) is 1. The van der Waals surface area contributed by atoms with Gasteiger partial charge in [0.2, 0.25) is 5.91 Å². The lowest BCUT2D eigenvalue weighted by atomic mass is 10.1. The van der Waals surface area contributed by atoms with Gasteiger partial charge in [0.15, 0.2) is 5.78 Å². The maximum absolute atomic E-state index is 12.3. The Kier molecular flexibility index (Phi) is 6.80. The van der Waals surface area contributed by atoms with Crippen LogP contribution in [0.5, 0.6) is 0 Å². The molecule has 2 heterocycles. The van der Waals surface area contributed by atoms with Gasteiger partial charge in [-0.25, -0.2) is 0 Å². The topological polar surface area (TPSA) is 49.4 Å². The summed E-state index contributed by atoms with van der Waals surface area (Å²) in [5.41, 5.74) is 3.17. The van der Waals surface area contributed by atoms with Crippen LogP contribution in [-0.4, -0.2) is 29.7 Å². The minimum atomic E-state index is -0.0749. The number of hydrogen-bond donors (Lipinski definition) is 1. The van der Waals surface area contributed by atoms with Gasteiger partial charge in [-0.15, -0.1) is 11.3 Å². The first-order valence-corrected chi connectivity index (χ1v) is 10.5. The number of carbonyl (C=O) groups is 2. The fourth-order valence-electron chi connectivity index (χ4n) is 3.52. The second-order valence-corrected chi connectivity index (χ2v) is 8.79. The predicted molar refractivity (Wildman–Crippen MR) is 110 cm³/mol. The van der Waals surface area contributed by atoms with Crippen molar-refractivity contribution in [3.05, 3.63) is 56.8 Å². The lowest BCUT2D eigenvalue weighted by Gasteiger charge is -2.14. The molecule has 0 aliphatic carbocycles. The number of likely N-dealkylation sites (tertiary alicyclic amines) is 1. The summed E-state index contributed by atoms with van der Waals surface area (Å²) in [7, 11) is 0. The van der Waals surface area contributed by atoms with Crippen molar-refractivity contribution in [1.29, 1.82) is 0 Å². The molecule has 1 fully saturated rings. The van der Waals surface area contributed by atoms with Crippen molar-refractivity contribution >= 4 is 23.0 Å². The summed E-state index contributed by atoms with van der Waals surface area (Å²) in [6.45, 7) is 7.86. The van der Waals surface area contributed by atoms with Crippen molar-refractivity contribution in [2.45, 2.75) is 52.6 Å². The average Bonchev–Trinajstić information content (AvgIpc) is 3.28. The molecule has 0 saturated carbocycles. The molecular weight excluding hydrogens is 356 g/mol. The van der Waals surface area contributed by atoms with Crippen LogP contribution in [0.25, 0.3) is 0 Å². The molecule has 0 radical (unpaired) electrons. The number of nitrogens with one attached hydrogen (secondary N) is 1. The molecular formula is C22H28N2O2S. The molecule has 1 saturated heterocycles. The summed E-state index contributed by atoms with van der Waals surface area (Å²) in [6, 6.07) is 10.4. The van der Waals surface area contributed by atoms with Crippen LogP contribution in [0.1, 0.15) is 56.9 Å². The third-order valence-electron chi connectivity index (χ3n) is 5.04. The Morgan fingerprint density at radius 3 is 2.33 bits per heavy atom. The highest BCUT2D eigenvalue weighted by Gasteiger charge is 2.14. The molecule has 0 unspecified atom stereocenters. The molecule has 5 heteroatoms. The number of nitrogens with zero attached hydrogens (tertiary/aromatic N) is 1. The Hall–Kier alpha value is -1.98. The summed E-state index contributed by atoms with van der Waals surface area (Å²) in [4.78, 5) is 29.0. The van der Waals surface area contributed by atoms with Crippen molar-refractivity contribution in [2.75, 3.05) is 13.1 Å². The van der Waals surface area contributed by atoms with Crippen molar-refractivity contribution < 1.29 is 9.59 Å². The maximum Gasteiger partial charge on any atom is 0.220 e. The number of thiophene rings is 1. The first-order valence-electron chi connectivity index (χ1n) is 9.68. The fourth-order valence-corrected chi connectivity index (χ4v) is 4.46.